The summed E-state index contributed by atoms with van der Waals surface area (Å²) in [6, 6.07) is 0.485. The average molecular weight is 260 g/mol. The Morgan fingerprint density at radius 2 is 2.12 bits per heavy atom. The maximum Gasteiger partial charge on any atom is 0.170 e. The van der Waals surface area contributed by atoms with Crippen LogP contribution < -0.4 is 5.32 Å². The highest BCUT2D eigenvalue weighted by Gasteiger charge is 2.46. The van der Waals surface area contributed by atoms with Gasteiger partial charge in [0.05, 0.1) is 12.7 Å². The molecule has 2 aliphatic heterocycles. The molecule has 1 N–H and O–H groups in total. The summed E-state index contributed by atoms with van der Waals surface area (Å²) in [4.78, 5) is 0. The van der Waals surface area contributed by atoms with E-state index < -0.39 is 0 Å². The van der Waals surface area contributed by atoms with E-state index in [1.54, 1.807) is 0 Å². The lowest BCUT2D eigenvalue weighted by atomic mass is 9.93. The summed E-state index contributed by atoms with van der Waals surface area (Å²) in [7, 11) is 0. The fraction of sp³-hybridized carbons (Fsp3) is 1.00. The lowest BCUT2D eigenvalue weighted by Crippen LogP contribution is -2.46. The van der Waals surface area contributed by atoms with Gasteiger partial charge in [-0.05, 0) is 32.2 Å². The molecule has 0 amide bonds. The number of hydrogen-bond donors (Lipinski definition) is 1. The van der Waals surface area contributed by atoms with Crippen molar-refractivity contribution in [2.24, 2.45) is 0 Å². The van der Waals surface area contributed by atoms with E-state index in [0.29, 0.717) is 6.04 Å². The number of halogens is 1. The molecule has 0 aromatic heterocycles. The molecule has 4 heteroatoms. The number of alkyl halides is 1. The monoisotopic (exact) mass is 259 g/mol. The Labute approximate surface area is 108 Å². The molecule has 1 aliphatic carbocycles. The zero-order chi connectivity index (χ0) is 11.7. The molecule has 1 saturated carbocycles. The van der Waals surface area contributed by atoms with Crippen LogP contribution in [0.1, 0.15) is 44.9 Å². The second-order valence-electron chi connectivity index (χ2n) is 5.63. The van der Waals surface area contributed by atoms with Gasteiger partial charge in [-0.1, -0.05) is 6.42 Å². The normalized spacial score (nSPS) is 47.5. The van der Waals surface area contributed by atoms with Gasteiger partial charge in [-0.3, -0.25) is 0 Å². The van der Waals surface area contributed by atoms with Gasteiger partial charge in [0.1, 0.15) is 0 Å². The van der Waals surface area contributed by atoms with Crippen LogP contribution in [0.5, 0.6) is 0 Å². The van der Waals surface area contributed by atoms with Crippen molar-refractivity contribution >= 4 is 11.6 Å². The summed E-state index contributed by atoms with van der Waals surface area (Å²) in [5.74, 6) is -0.353. The Morgan fingerprint density at radius 1 is 1.18 bits per heavy atom. The molecule has 3 fully saturated rings. The van der Waals surface area contributed by atoms with Crippen LogP contribution in [-0.4, -0.2) is 36.5 Å². The molecule has 17 heavy (non-hydrogen) atoms. The molecule has 3 aliphatic rings. The van der Waals surface area contributed by atoms with Crippen LogP contribution in [0.3, 0.4) is 0 Å². The third-order valence-electron chi connectivity index (χ3n) is 4.28. The molecular weight excluding hydrogens is 238 g/mol. The highest BCUT2D eigenvalue weighted by Crippen LogP contribution is 2.40. The average Bonchev–Trinajstić information content (AvgIpc) is 2.74. The summed E-state index contributed by atoms with van der Waals surface area (Å²) < 4.78 is 12.2. The maximum atomic E-state index is 6.24. The maximum absolute atomic E-state index is 6.24. The van der Waals surface area contributed by atoms with E-state index in [9.17, 15) is 0 Å². The molecule has 0 bridgehead atoms. The first-order valence-corrected chi connectivity index (χ1v) is 7.40. The first-order chi connectivity index (χ1) is 8.27. The van der Waals surface area contributed by atoms with Crippen LogP contribution in [-0.2, 0) is 9.47 Å². The third kappa shape index (κ3) is 2.62. The third-order valence-corrected chi connectivity index (χ3v) is 4.65. The summed E-state index contributed by atoms with van der Waals surface area (Å²) in [6.07, 6.45) is 8.14. The molecular formula is C13H22ClNO2. The topological polar surface area (TPSA) is 30.5 Å². The van der Waals surface area contributed by atoms with Gasteiger partial charge >= 0.3 is 0 Å². The zero-order valence-electron chi connectivity index (χ0n) is 10.3. The fourth-order valence-corrected chi connectivity index (χ4v) is 3.73. The van der Waals surface area contributed by atoms with E-state index in [4.69, 9.17) is 21.1 Å². The standard InChI is InChI=1S/C13H22ClNO2/c14-10-4-3-6-13(8-10)16-9-12(17-13)11-5-1-2-7-15-11/h10-12,15H,1-9H2. The Morgan fingerprint density at radius 3 is 2.88 bits per heavy atom. The molecule has 3 rings (SSSR count). The minimum atomic E-state index is -0.353. The molecule has 0 aromatic carbocycles. The largest absolute Gasteiger partial charge is 0.347 e. The van der Waals surface area contributed by atoms with E-state index in [0.717, 1.165) is 38.8 Å². The van der Waals surface area contributed by atoms with E-state index in [-0.39, 0.29) is 17.3 Å². The van der Waals surface area contributed by atoms with E-state index >= 15 is 0 Å². The predicted molar refractivity (Wildman–Crippen MR) is 67.3 cm³/mol. The van der Waals surface area contributed by atoms with Crippen molar-refractivity contribution in [3.63, 3.8) is 0 Å². The minimum absolute atomic E-state index is 0.224. The van der Waals surface area contributed by atoms with Crippen LogP contribution in [0, 0.1) is 0 Å². The number of hydrogen-bond acceptors (Lipinski definition) is 3. The lowest BCUT2D eigenvalue weighted by molar-refractivity contribution is -0.189. The van der Waals surface area contributed by atoms with Gasteiger partial charge in [0.15, 0.2) is 5.79 Å². The zero-order valence-corrected chi connectivity index (χ0v) is 11.0. The number of nitrogens with one attached hydrogen (secondary N) is 1. The summed E-state index contributed by atoms with van der Waals surface area (Å²) in [6.45, 7) is 1.86. The van der Waals surface area contributed by atoms with Crippen molar-refractivity contribution in [1.82, 2.24) is 5.32 Å². The molecule has 1 spiro atoms. The van der Waals surface area contributed by atoms with Crippen molar-refractivity contribution in [3.8, 4) is 0 Å². The second-order valence-corrected chi connectivity index (χ2v) is 6.25. The van der Waals surface area contributed by atoms with Gasteiger partial charge in [-0.2, -0.15) is 0 Å². The molecule has 4 unspecified atom stereocenters. The van der Waals surface area contributed by atoms with E-state index in [2.05, 4.69) is 5.32 Å². The molecule has 2 heterocycles. The van der Waals surface area contributed by atoms with Crippen LogP contribution >= 0.6 is 11.6 Å². The number of rotatable bonds is 1. The second kappa shape index (κ2) is 5.04. The highest BCUT2D eigenvalue weighted by atomic mass is 35.5. The lowest BCUT2D eigenvalue weighted by Gasteiger charge is -2.35. The molecule has 0 aromatic rings. The molecule has 98 valence electrons. The van der Waals surface area contributed by atoms with Gasteiger partial charge in [-0.15, -0.1) is 11.6 Å². The Bertz CT molecular complexity index is 270. The van der Waals surface area contributed by atoms with Crippen molar-refractivity contribution < 1.29 is 9.47 Å². The quantitative estimate of drug-likeness (QED) is 0.734. The Balaban J connectivity index is 1.60. The van der Waals surface area contributed by atoms with Crippen LogP contribution in [0.4, 0.5) is 0 Å². The smallest absolute Gasteiger partial charge is 0.170 e. The summed E-state index contributed by atoms with van der Waals surface area (Å²) in [5, 5.41) is 3.78. The Kier molecular flexibility index (Phi) is 3.62. The summed E-state index contributed by atoms with van der Waals surface area (Å²) in [5.41, 5.74) is 0. The SMILES string of the molecule is ClC1CCCC2(C1)OCC(C1CCCCN1)O2. The molecule has 2 saturated heterocycles. The fourth-order valence-electron chi connectivity index (χ4n) is 3.34. The van der Waals surface area contributed by atoms with Gasteiger partial charge in [0.25, 0.3) is 0 Å². The van der Waals surface area contributed by atoms with Crippen LogP contribution in [0.2, 0.25) is 0 Å². The van der Waals surface area contributed by atoms with Crippen molar-refractivity contribution in [3.05, 3.63) is 0 Å². The highest BCUT2D eigenvalue weighted by molar-refractivity contribution is 6.20. The Hall–Kier alpha value is 0.170. The van der Waals surface area contributed by atoms with Crippen LogP contribution in [0.15, 0.2) is 0 Å². The summed E-state index contributed by atoms with van der Waals surface area (Å²) >= 11 is 6.24. The molecule has 0 radical (unpaired) electrons. The number of piperidine rings is 1. The van der Waals surface area contributed by atoms with Crippen LogP contribution in [0.25, 0.3) is 0 Å². The van der Waals surface area contributed by atoms with E-state index in [1.165, 1.54) is 19.3 Å². The molecule has 4 atom stereocenters. The van der Waals surface area contributed by atoms with Crippen molar-refractivity contribution in [1.29, 1.82) is 0 Å². The number of ether oxygens (including phenoxy) is 2. The van der Waals surface area contributed by atoms with Crippen molar-refractivity contribution in [2.45, 2.75) is 68.3 Å². The van der Waals surface area contributed by atoms with Gasteiger partial charge < -0.3 is 14.8 Å². The van der Waals surface area contributed by atoms with Gasteiger partial charge in [0.2, 0.25) is 0 Å². The molecule has 3 nitrogen and oxygen atoms in total. The predicted octanol–water partition coefficient (Wildman–Crippen LogP) is 2.42. The van der Waals surface area contributed by atoms with Gasteiger partial charge in [-0.25, -0.2) is 0 Å². The minimum Gasteiger partial charge on any atom is -0.347 e. The van der Waals surface area contributed by atoms with E-state index in [1.807, 2.05) is 0 Å². The van der Waals surface area contributed by atoms with Crippen molar-refractivity contribution in [2.75, 3.05) is 13.2 Å². The van der Waals surface area contributed by atoms with Gasteiger partial charge in [0, 0.05) is 24.3 Å². The first kappa shape index (κ1) is 12.2. The first-order valence-electron chi connectivity index (χ1n) is 6.97.